The number of halogens is 3. The molecule has 0 heterocycles. The second-order valence-corrected chi connectivity index (χ2v) is 7.43. The summed E-state index contributed by atoms with van der Waals surface area (Å²) in [5.41, 5.74) is 2.10. The summed E-state index contributed by atoms with van der Waals surface area (Å²) < 4.78 is 15.3. The van der Waals surface area contributed by atoms with Gasteiger partial charge in [0.05, 0.1) is 6.54 Å². The van der Waals surface area contributed by atoms with Gasteiger partial charge in [-0.1, -0.05) is 31.9 Å². The molecule has 0 aromatic heterocycles. The first-order valence-electron chi connectivity index (χ1n) is 7.87. The average molecular weight is 487 g/mol. The van der Waals surface area contributed by atoms with Crippen molar-refractivity contribution >= 4 is 49.5 Å². The number of urea groups is 1. The van der Waals surface area contributed by atoms with Gasteiger partial charge in [0.25, 0.3) is 0 Å². The molecule has 3 amide bonds. The molecule has 0 aliphatic carbocycles. The molecular weight excluding hydrogens is 469 g/mol. The van der Waals surface area contributed by atoms with E-state index in [1.165, 1.54) is 6.07 Å². The zero-order chi connectivity index (χ0) is 19.1. The molecule has 3 N–H and O–H groups in total. The molecule has 138 valence electrons. The fourth-order valence-corrected chi connectivity index (χ4v) is 3.11. The van der Waals surface area contributed by atoms with Gasteiger partial charge in [-0.2, -0.15) is 0 Å². The van der Waals surface area contributed by atoms with Crippen LogP contribution in [0.25, 0.3) is 0 Å². The molecule has 5 nitrogen and oxygen atoms in total. The van der Waals surface area contributed by atoms with Crippen LogP contribution in [-0.2, 0) is 11.2 Å². The van der Waals surface area contributed by atoms with E-state index in [1.807, 2.05) is 19.1 Å². The number of aryl methyl sites for hydroxylation is 1. The molecule has 0 fully saturated rings. The number of carbonyl (C=O) groups is 2. The minimum absolute atomic E-state index is 0.160. The summed E-state index contributed by atoms with van der Waals surface area (Å²) in [4.78, 5) is 23.7. The minimum atomic E-state index is -0.483. The summed E-state index contributed by atoms with van der Waals surface area (Å²) in [6.45, 7) is 1.97. The van der Waals surface area contributed by atoms with Gasteiger partial charge in [-0.15, -0.1) is 0 Å². The first-order chi connectivity index (χ1) is 12.3. The lowest BCUT2D eigenvalue weighted by Gasteiger charge is -2.10. The van der Waals surface area contributed by atoms with Crippen molar-refractivity contribution in [3.05, 3.63) is 62.3 Å². The quantitative estimate of drug-likeness (QED) is 0.574. The van der Waals surface area contributed by atoms with Crippen molar-refractivity contribution < 1.29 is 14.0 Å². The highest BCUT2D eigenvalue weighted by Crippen LogP contribution is 2.19. The Morgan fingerprint density at radius 2 is 1.73 bits per heavy atom. The van der Waals surface area contributed by atoms with Crippen LogP contribution < -0.4 is 16.0 Å². The molecule has 0 saturated heterocycles. The number of nitrogens with one attached hydrogen (secondary N) is 3. The summed E-state index contributed by atoms with van der Waals surface area (Å²) in [6, 6.07) is 9.66. The molecule has 0 aliphatic heterocycles. The summed E-state index contributed by atoms with van der Waals surface area (Å²) in [7, 11) is 0. The Bertz CT molecular complexity index is 815. The van der Waals surface area contributed by atoms with E-state index >= 15 is 0 Å². The van der Waals surface area contributed by atoms with Crippen molar-refractivity contribution in [1.82, 2.24) is 10.6 Å². The third-order valence-electron chi connectivity index (χ3n) is 3.56. The van der Waals surface area contributed by atoms with Crippen LogP contribution >= 0.6 is 31.9 Å². The monoisotopic (exact) mass is 485 g/mol. The van der Waals surface area contributed by atoms with Crippen molar-refractivity contribution in [2.45, 2.75) is 13.3 Å². The van der Waals surface area contributed by atoms with E-state index < -0.39 is 6.03 Å². The number of benzene rings is 2. The number of rotatable bonds is 6. The number of anilines is 1. The normalized spacial score (nSPS) is 10.3. The summed E-state index contributed by atoms with van der Waals surface area (Å²) in [5.74, 6) is -0.650. The van der Waals surface area contributed by atoms with Crippen LogP contribution in [0.15, 0.2) is 45.3 Å². The van der Waals surface area contributed by atoms with Gasteiger partial charge in [-0.25, -0.2) is 9.18 Å². The van der Waals surface area contributed by atoms with Gasteiger partial charge in [-0.05, 0) is 60.9 Å². The largest absolute Gasteiger partial charge is 0.338 e. The van der Waals surface area contributed by atoms with Crippen LogP contribution in [0.3, 0.4) is 0 Å². The van der Waals surface area contributed by atoms with Crippen LogP contribution in [0.2, 0.25) is 0 Å². The molecule has 26 heavy (non-hydrogen) atoms. The molecule has 0 saturated carbocycles. The van der Waals surface area contributed by atoms with E-state index in [0.717, 1.165) is 14.5 Å². The minimum Gasteiger partial charge on any atom is -0.338 e. The first-order valence-corrected chi connectivity index (χ1v) is 9.45. The number of amides is 3. The number of hydrogen-bond acceptors (Lipinski definition) is 2. The van der Waals surface area contributed by atoms with Crippen LogP contribution in [0, 0.1) is 12.7 Å². The van der Waals surface area contributed by atoms with Gasteiger partial charge in [0, 0.05) is 21.2 Å². The van der Waals surface area contributed by atoms with Gasteiger partial charge in [0.15, 0.2) is 0 Å². The Morgan fingerprint density at radius 1 is 1.04 bits per heavy atom. The van der Waals surface area contributed by atoms with Gasteiger partial charge in [0.2, 0.25) is 5.91 Å². The standard InChI is InChI=1S/C18H18Br2FN3O2/c1-11-8-13(19)3-5-16(11)24-17(25)10-23-18(26)22-7-6-12-9-14(20)2-4-15(12)21/h2-5,8-9H,6-7,10H2,1H3,(H,24,25)(H2,22,23,26). The molecule has 0 unspecified atom stereocenters. The summed E-state index contributed by atoms with van der Waals surface area (Å²) in [5, 5.41) is 7.80. The van der Waals surface area contributed by atoms with Gasteiger partial charge >= 0.3 is 6.03 Å². The molecule has 0 radical (unpaired) electrons. The molecule has 0 spiro atoms. The second kappa shape index (κ2) is 9.68. The fraction of sp³-hybridized carbons (Fsp3) is 0.222. The van der Waals surface area contributed by atoms with Gasteiger partial charge in [-0.3, -0.25) is 4.79 Å². The Kier molecular flexibility index (Phi) is 7.59. The molecule has 2 aromatic carbocycles. The number of carbonyl (C=O) groups excluding carboxylic acids is 2. The Morgan fingerprint density at radius 3 is 2.46 bits per heavy atom. The first kappa shape index (κ1) is 20.4. The lowest BCUT2D eigenvalue weighted by atomic mass is 10.1. The summed E-state index contributed by atoms with van der Waals surface area (Å²) >= 11 is 6.64. The third kappa shape index (κ3) is 6.42. The lowest BCUT2D eigenvalue weighted by molar-refractivity contribution is -0.115. The molecular formula is C18H18Br2FN3O2. The number of hydrogen-bond donors (Lipinski definition) is 3. The third-order valence-corrected chi connectivity index (χ3v) is 4.55. The molecule has 0 atom stereocenters. The predicted molar refractivity (Wildman–Crippen MR) is 107 cm³/mol. The summed E-state index contributed by atoms with van der Waals surface area (Å²) in [6.07, 6.45) is 0.350. The molecule has 0 bridgehead atoms. The van der Waals surface area contributed by atoms with Gasteiger partial charge in [0.1, 0.15) is 5.82 Å². The van der Waals surface area contributed by atoms with E-state index in [0.29, 0.717) is 17.7 Å². The topological polar surface area (TPSA) is 70.2 Å². The lowest BCUT2D eigenvalue weighted by Crippen LogP contribution is -2.40. The smallest absolute Gasteiger partial charge is 0.315 e. The average Bonchev–Trinajstić information content (AvgIpc) is 2.58. The fourth-order valence-electron chi connectivity index (χ4n) is 2.23. The molecule has 0 aliphatic rings. The zero-order valence-electron chi connectivity index (χ0n) is 14.0. The highest BCUT2D eigenvalue weighted by molar-refractivity contribution is 9.10. The van der Waals surface area contributed by atoms with E-state index in [4.69, 9.17) is 0 Å². The van der Waals surface area contributed by atoms with Crippen LogP contribution in [0.4, 0.5) is 14.9 Å². The molecule has 2 aromatic rings. The molecule has 2 rings (SSSR count). The Hall–Kier alpha value is -1.93. The van der Waals surface area contributed by atoms with Crippen LogP contribution in [0.5, 0.6) is 0 Å². The SMILES string of the molecule is Cc1cc(Br)ccc1NC(=O)CNC(=O)NCCc1cc(Br)ccc1F. The van der Waals surface area contributed by atoms with E-state index in [-0.39, 0.29) is 24.8 Å². The Balaban J connectivity index is 1.72. The van der Waals surface area contributed by atoms with Crippen LogP contribution in [0.1, 0.15) is 11.1 Å². The second-order valence-electron chi connectivity index (χ2n) is 5.60. The maximum atomic E-state index is 13.6. The highest BCUT2D eigenvalue weighted by atomic mass is 79.9. The maximum absolute atomic E-state index is 13.6. The van der Waals surface area contributed by atoms with Crippen LogP contribution in [-0.4, -0.2) is 25.0 Å². The van der Waals surface area contributed by atoms with E-state index in [2.05, 4.69) is 47.8 Å². The van der Waals surface area contributed by atoms with Crippen molar-refractivity contribution in [1.29, 1.82) is 0 Å². The maximum Gasteiger partial charge on any atom is 0.315 e. The van der Waals surface area contributed by atoms with E-state index in [9.17, 15) is 14.0 Å². The van der Waals surface area contributed by atoms with Crippen molar-refractivity contribution in [3.63, 3.8) is 0 Å². The zero-order valence-corrected chi connectivity index (χ0v) is 17.2. The van der Waals surface area contributed by atoms with Gasteiger partial charge < -0.3 is 16.0 Å². The van der Waals surface area contributed by atoms with Crippen molar-refractivity contribution in [3.8, 4) is 0 Å². The van der Waals surface area contributed by atoms with Crippen molar-refractivity contribution in [2.75, 3.05) is 18.4 Å². The van der Waals surface area contributed by atoms with E-state index in [1.54, 1.807) is 18.2 Å². The predicted octanol–water partition coefficient (Wildman–Crippen LogP) is 4.14. The Labute approximate surface area is 168 Å². The highest BCUT2D eigenvalue weighted by Gasteiger charge is 2.08. The van der Waals surface area contributed by atoms with Crippen molar-refractivity contribution in [2.24, 2.45) is 0 Å². The molecule has 8 heteroatoms.